The number of benzene rings is 1. The molecule has 0 saturated heterocycles. The molecule has 4 nitrogen and oxygen atoms in total. The normalized spacial score (nSPS) is 22.5. The minimum Gasteiger partial charge on any atom is -0.313 e. The smallest absolute Gasteiger partial charge is 0.240 e. The van der Waals surface area contributed by atoms with E-state index < -0.39 is 10.0 Å². The number of nitrogens with one attached hydrogen (secondary N) is 2. The summed E-state index contributed by atoms with van der Waals surface area (Å²) in [6.45, 7) is 7.66. The molecule has 1 aromatic carbocycles. The van der Waals surface area contributed by atoms with E-state index >= 15 is 0 Å². The first-order valence-electron chi connectivity index (χ1n) is 6.76. The summed E-state index contributed by atoms with van der Waals surface area (Å²) in [4.78, 5) is 0.366. The van der Waals surface area contributed by atoms with Crippen molar-refractivity contribution in [3.05, 3.63) is 29.3 Å². The zero-order valence-corrected chi connectivity index (χ0v) is 12.5. The summed E-state index contributed by atoms with van der Waals surface area (Å²) in [5.74, 6) is 0.460. The Morgan fingerprint density at radius 1 is 1.37 bits per heavy atom. The van der Waals surface area contributed by atoms with Gasteiger partial charge in [0.05, 0.1) is 4.90 Å². The predicted octanol–water partition coefficient (Wildman–Crippen LogP) is 1.79. The van der Waals surface area contributed by atoms with Crippen molar-refractivity contribution in [2.24, 2.45) is 5.92 Å². The molecule has 106 valence electrons. The van der Waals surface area contributed by atoms with Crippen molar-refractivity contribution in [2.75, 3.05) is 6.54 Å². The van der Waals surface area contributed by atoms with Gasteiger partial charge < -0.3 is 5.32 Å². The van der Waals surface area contributed by atoms with Crippen molar-refractivity contribution < 1.29 is 8.42 Å². The van der Waals surface area contributed by atoms with Crippen molar-refractivity contribution in [3.63, 3.8) is 0 Å². The highest BCUT2D eigenvalue weighted by molar-refractivity contribution is 7.89. The molecule has 1 aromatic rings. The van der Waals surface area contributed by atoms with Crippen LogP contribution in [0.25, 0.3) is 0 Å². The van der Waals surface area contributed by atoms with Crippen molar-refractivity contribution in [1.29, 1.82) is 0 Å². The first kappa shape index (κ1) is 14.5. The minimum absolute atomic E-state index is 0.114. The van der Waals surface area contributed by atoms with E-state index in [-0.39, 0.29) is 6.04 Å². The van der Waals surface area contributed by atoms with Gasteiger partial charge in [-0.15, -0.1) is 0 Å². The Kier molecular flexibility index (Phi) is 4.28. The highest BCUT2D eigenvalue weighted by atomic mass is 32.2. The second-order valence-electron chi connectivity index (χ2n) is 5.31. The van der Waals surface area contributed by atoms with Crippen LogP contribution in [-0.4, -0.2) is 21.0 Å². The predicted molar refractivity (Wildman–Crippen MR) is 76.5 cm³/mol. The zero-order valence-electron chi connectivity index (χ0n) is 11.7. The van der Waals surface area contributed by atoms with Crippen LogP contribution < -0.4 is 10.0 Å². The molecule has 19 heavy (non-hydrogen) atoms. The van der Waals surface area contributed by atoms with Crippen molar-refractivity contribution >= 4 is 10.0 Å². The lowest BCUT2D eigenvalue weighted by molar-refractivity contribution is 0.578. The largest absolute Gasteiger partial charge is 0.313 e. The van der Waals surface area contributed by atoms with E-state index in [1.54, 1.807) is 12.1 Å². The van der Waals surface area contributed by atoms with Crippen LogP contribution in [0.1, 0.15) is 31.4 Å². The molecule has 0 amide bonds. The first-order valence-corrected chi connectivity index (χ1v) is 8.25. The van der Waals surface area contributed by atoms with Gasteiger partial charge in [-0.2, -0.15) is 0 Å². The van der Waals surface area contributed by atoms with Crippen LogP contribution >= 0.6 is 0 Å². The topological polar surface area (TPSA) is 58.2 Å². The van der Waals surface area contributed by atoms with Crippen LogP contribution in [0.5, 0.6) is 0 Å². The maximum absolute atomic E-state index is 12.2. The lowest BCUT2D eigenvalue weighted by Crippen LogP contribution is -2.27. The van der Waals surface area contributed by atoms with Crippen molar-refractivity contribution in [3.8, 4) is 0 Å². The maximum Gasteiger partial charge on any atom is 0.240 e. The van der Waals surface area contributed by atoms with Gasteiger partial charge >= 0.3 is 0 Å². The molecule has 0 bridgehead atoms. The van der Waals surface area contributed by atoms with Crippen LogP contribution in [0.2, 0.25) is 0 Å². The SMILES string of the molecule is CCNCc1cc(S(=O)(=O)NC2CC2C)ccc1C. The molecular weight excluding hydrogens is 260 g/mol. The van der Waals surface area contributed by atoms with Gasteiger partial charge in [0, 0.05) is 12.6 Å². The van der Waals surface area contributed by atoms with E-state index in [9.17, 15) is 8.42 Å². The fraction of sp³-hybridized carbons (Fsp3) is 0.571. The highest BCUT2D eigenvalue weighted by Gasteiger charge is 2.36. The van der Waals surface area contributed by atoms with E-state index in [0.29, 0.717) is 17.4 Å². The molecule has 1 saturated carbocycles. The fourth-order valence-corrected chi connectivity index (χ4v) is 3.43. The Balaban J connectivity index is 2.19. The summed E-state index contributed by atoms with van der Waals surface area (Å²) in [6.07, 6.45) is 0.940. The Bertz CT molecular complexity index is 555. The summed E-state index contributed by atoms with van der Waals surface area (Å²) >= 11 is 0. The summed E-state index contributed by atoms with van der Waals surface area (Å²) in [5.41, 5.74) is 2.15. The lowest BCUT2D eigenvalue weighted by atomic mass is 10.1. The Morgan fingerprint density at radius 2 is 2.05 bits per heavy atom. The van der Waals surface area contributed by atoms with E-state index in [1.165, 1.54) is 0 Å². The lowest BCUT2D eigenvalue weighted by Gasteiger charge is -2.11. The average Bonchev–Trinajstić information content (AvgIpc) is 3.02. The molecule has 5 heteroatoms. The molecule has 0 spiro atoms. The summed E-state index contributed by atoms with van der Waals surface area (Å²) in [5, 5.41) is 3.23. The number of rotatable bonds is 6. The third kappa shape index (κ3) is 3.55. The van der Waals surface area contributed by atoms with Gasteiger partial charge in [0.25, 0.3) is 0 Å². The van der Waals surface area contributed by atoms with E-state index in [0.717, 1.165) is 24.1 Å². The molecule has 1 aliphatic rings. The molecule has 0 radical (unpaired) electrons. The second-order valence-corrected chi connectivity index (χ2v) is 7.02. The molecule has 2 rings (SSSR count). The summed E-state index contributed by atoms with van der Waals surface area (Å²) < 4.78 is 27.2. The maximum atomic E-state index is 12.2. The quantitative estimate of drug-likeness (QED) is 0.836. The van der Waals surface area contributed by atoms with Crippen LogP contribution in [-0.2, 0) is 16.6 Å². The van der Waals surface area contributed by atoms with E-state index in [4.69, 9.17) is 0 Å². The van der Waals surface area contributed by atoms with Gasteiger partial charge in [0.2, 0.25) is 10.0 Å². The average molecular weight is 282 g/mol. The van der Waals surface area contributed by atoms with Crippen LogP contribution in [0.3, 0.4) is 0 Å². The van der Waals surface area contributed by atoms with Gasteiger partial charge in [-0.3, -0.25) is 0 Å². The van der Waals surface area contributed by atoms with Gasteiger partial charge in [-0.25, -0.2) is 13.1 Å². The van der Waals surface area contributed by atoms with Gasteiger partial charge in [0.15, 0.2) is 0 Å². The zero-order chi connectivity index (χ0) is 14.0. The van der Waals surface area contributed by atoms with Crippen molar-refractivity contribution in [1.82, 2.24) is 10.0 Å². The number of hydrogen-bond acceptors (Lipinski definition) is 3. The molecule has 2 atom stereocenters. The number of hydrogen-bond donors (Lipinski definition) is 2. The first-order chi connectivity index (χ1) is 8.94. The molecule has 0 aliphatic heterocycles. The van der Waals surface area contributed by atoms with E-state index in [1.807, 2.05) is 19.9 Å². The molecule has 2 N–H and O–H groups in total. The standard InChI is InChI=1S/C14H22N2O2S/c1-4-15-9-12-8-13(6-5-10(12)2)19(17,18)16-14-7-11(14)3/h5-6,8,11,14-16H,4,7,9H2,1-3H3. The Labute approximate surface area is 115 Å². The molecule has 1 fully saturated rings. The Morgan fingerprint density at radius 3 is 2.63 bits per heavy atom. The number of sulfonamides is 1. The minimum atomic E-state index is -3.37. The molecule has 1 aliphatic carbocycles. The van der Waals surface area contributed by atoms with Crippen LogP contribution in [0.15, 0.2) is 23.1 Å². The summed E-state index contributed by atoms with van der Waals surface area (Å²) in [6, 6.07) is 5.44. The summed E-state index contributed by atoms with van der Waals surface area (Å²) in [7, 11) is -3.37. The molecule has 2 unspecified atom stereocenters. The molecule has 0 aromatic heterocycles. The monoisotopic (exact) mass is 282 g/mol. The van der Waals surface area contributed by atoms with Gasteiger partial charge in [0.1, 0.15) is 0 Å². The van der Waals surface area contributed by atoms with Crippen molar-refractivity contribution in [2.45, 2.75) is 44.7 Å². The second kappa shape index (κ2) is 5.61. The third-order valence-electron chi connectivity index (χ3n) is 3.61. The van der Waals surface area contributed by atoms with Crippen LogP contribution in [0, 0.1) is 12.8 Å². The van der Waals surface area contributed by atoms with Crippen LogP contribution in [0.4, 0.5) is 0 Å². The highest BCUT2D eigenvalue weighted by Crippen LogP contribution is 2.30. The third-order valence-corrected chi connectivity index (χ3v) is 5.10. The van der Waals surface area contributed by atoms with Gasteiger partial charge in [-0.05, 0) is 49.1 Å². The van der Waals surface area contributed by atoms with E-state index in [2.05, 4.69) is 17.0 Å². The molecular formula is C14H22N2O2S. The van der Waals surface area contributed by atoms with Gasteiger partial charge in [-0.1, -0.05) is 19.9 Å². The fourth-order valence-electron chi connectivity index (χ4n) is 2.02. The molecule has 0 heterocycles. The number of aryl methyl sites for hydroxylation is 1. The Hall–Kier alpha value is -0.910.